The fraction of sp³-hybridized carbons (Fsp3) is 0.735. The molecule has 0 saturated heterocycles. The molecule has 1 aromatic rings. The SMILES string of the molecule is CC(C)CCCC(C)C1CCC2C3CC=C4CC(SC(=O)Oc5ccc(Br)cc5)CCC4(C)C3CC(C)C12. The Balaban J connectivity index is 1.21. The fourth-order valence-electron chi connectivity index (χ4n) is 9.34. The molecule has 0 aromatic heterocycles. The first-order valence-corrected chi connectivity index (χ1v) is 17.2. The predicted molar refractivity (Wildman–Crippen MR) is 165 cm³/mol. The van der Waals surface area contributed by atoms with E-state index in [1.54, 1.807) is 5.57 Å². The Kier molecular flexibility index (Phi) is 9.10. The summed E-state index contributed by atoms with van der Waals surface area (Å²) in [6, 6.07) is 7.53. The number of hydrogen-bond acceptors (Lipinski definition) is 3. The van der Waals surface area contributed by atoms with Gasteiger partial charge < -0.3 is 4.74 Å². The van der Waals surface area contributed by atoms with Gasteiger partial charge in [0.25, 0.3) is 0 Å². The fourth-order valence-corrected chi connectivity index (χ4v) is 10.5. The minimum absolute atomic E-state index is 0.163. The van der Waals surface area contributed by atoms with Crippen LogP contribution in [0.2, 0.25) is 0 Å². The summed E-state index contributed by atoms with van der Waals surface area (Å²) in [6.07, 6.45) is 15.9. The Morgan fingerprint density at radius 1 is 1.11 bits per heavy atom. The van der Waals surface area contributed by atoms with Crippen LogP contribution in [0.4, 0.5) is 4.79 Å². The second kappa shape index (κ2) is 12.0. The zero-order valence-corrected chi connectivity index (χ0v) is 26.7. The average molecular weight is 602 g/mol. The van der Waals surface area contributed by atoms with Gasteiger partial charge in [-0.15, -0.1) is 0 Å². The third kappa shape index (κ3) is 5.97. The van der Waals surface area contributed by atoms with Crippen molar-refractivity contribution in [1.82, 2.24) is 0 Å². The molecule has 210 valence electrons. The summed E-state index contributed by atoms with van der Waals surface area (Å²) in [7, 11) is 0. The molecule has 4 heteroatoms. The van der Waals surface area contributed by atoms with Crippen molar-refractivity contribution in [2.75, 3.05) is 0 Å². The van der Waals surface area contributed by atoms with Gasteiger partial charge >= 0.3 is 5.30 Å². The van der Waals surface area contributed by atoms with E-state index < -0.39 is 0 Å². The highest BCUT2D eigenvalue weighted by Crippen LogP contribution is 2.64. The van der Waals surface area contributed by atoms with E-state index in [4.69, 9.17) is 4.74 Å². The third-order valence-corrected chi connectivity index (χ3v) is 12.8. The number of thioether (sulfide) groups is 1. The lowest BCUT2D eigenvalue weighted by molar-refractivity contribution is -0.0300. The lowest BCUT2D eigenvalue weighted by Gasteiger charge is -2.57. The van der Waals surface area contributed by atoms with Gasteiger partial charge in [-0.25, -0.2) is 4.79 Å². The monoisotopic (exact) mass is 600 g/mol. The zero-order valence-electron chi connectivity index (χ0n) is 24.3. The molecule has 0 aliphatic heterocycles. The molecule has 0 radical (unpaired) electrons. The number of ether oxygens (including phenoxy) is 1. The molecule has 38 heavy (non-hydrogen) atoms. The largest absolute Gasteiger partial charge is 0.418 e. The number of carbonyl (C=O) groups is 1. The molecule has 0 N–H and O–H groups in total. The molecule has 3 fully saturated rings. The molecule has 9 atom stereocenters. The number of benzene rings is 1. The van der Waals surface area contributed by atoms with Gasteiger partial charge in [0.1, 0.15) is 5.75 Å². The molecule has 4 aliphatic rings. The van der Waals surface area contributed by atoms with Crippen LogP contribution in [0.15, 0.2) is 40.4 Å². The number of carbonyl (C=O) groups excluding carboxylic acids is 1. The summed E-state index contributed by atoms with van der Waals surface area (Å²) in [5.74, 6) is 7.74. The van der Waals surface area contributed by atoms with Gasteiger partial charge in [0.15, 0.2) is 0 Å². The van der Waals surface area contributed by atoms with E-state index in [0.29, 0.717) is 16.4 Å². The van der Waals surface area contributed by atoms with Crippen molar-refractivity contribution < 1.29 is 9.53 Å². The van der Waals surface area contributed by atoms with Gasteiger partial charge in [0.2, 0.25) is 0 Å². The van der Waals surface area contributed by atoms with Crippen molar-refractivity contribution in [2.45, 2.75) is 104 Å². The molecular formula is C34H49BrO2S. The quantitative estimate of drug-likeness (QED) is 0.230. The van der Waals surface area contributed by atoms with E-state index in [1.165, 1.54) is 63.1 Å². The highest BCUT2D eigenvalue weighted by atomic mass is 79.9. The van der Waals surface area contributed by atoms with E-state index in [0.717, 1.165) is 64.7 Å². The minimum Gasteiger partial charge on any atom is -0.418 e. The number of allylic oxidation sites excluding steroid dienone is 2. The maximum atomic E-state index is 12.7. The predicted octanol–water partition coefficient (Wildman–Crippen LogP) is 10.9. The number of halogens is 1. The second-order valence-electron chi connectivity index (χ2n) is 13.9. The van der Waals surface area contributed by atoms with Crippen molar-refractivity contribution >= 4 is 33.0 Å². The molecule has 1 aromatic carbocycles. The molecular weight excluding hydrogens is 552 g/mol. The zero-order chi connectivity index (χ0) is 27.0. The molecule has 3 saturated carbocycles. The molecule has 4 aliphatic carbocycles. The van der Waals surface area contributed by atoms with Crippen LogP contribution in [0.3, 0.4) is 0 Å². The van der Waals surface area contributed by atoms with Crippen molar-refractivity contribution in [2.24, 2.45) is 52.8 Å². The summed E-state index contributed by atoms with van der Waals surface area (Å²) < 4.78 is 6.62. The molecule has 5 rings (SSSR count). The van der Waals surface area contributed by atoms with Crippen molar-refractivity contribution in [3.05, 3.63) is 40.4 Å². The molecule has 9 unspecified atom stereocenters. The Hall–Kier alpha value is -0.740. The van der Waals surface area contributed by atoms with Crippen LogP contribution in [-0.2, 0) is 0 Å². The van der Waals surface area contributed by atoms with E-state index in [1.807, 2.05) is 24.3 Å². The second-order valence-corrected chi connectivity index (χ2v) is 16.1. The highest BCUT2D eigenvalue weighted by molar-refractivity contribution is 9.10. The summed E-state index contributed by atoms with van der Waals surface area (Å²) >= 11 is 4.86. The average Bonchev–Trinajstić information content (AvgIpc) is 3.32. The standard InChI is InChI=1S/C34H49BrO2S/c1-21(2)7-6-8-22(3)28-15-16-30-29-14-9-24-20-27(38-33(36)37-26-12-10-25(35)11-13-26)17-18-34(24,5)31(29)19-23(4)32(28)30/h9-13,21-23,27-32H,6-8,14-20H2,1-5H3. The molecule has 0 heterocycles. The summed E-state index contributed by atoms with van der Waals surface area (Å²) in [6.45, 7) is 12.5. The van der Waals surface area contributed by atoms with Gasteiger partial charge in [-0.05, 0) is 134 Å². The lowest BCUT2D eigenvalue weighted by Crippen LogP contribution is -2.49. The van der Waals surface area contributed by atoms with E-state index in [-0.39, 0.29) is 5.30 Å². The first-order chi connectivity index (χ1) is 18.2. The van der Waals surface area contributed by atoms with Crippen LogP contribution in [0.5, 0.6) is 5.75 Å². The third-order valence-electron chi connectivity index (χ3n) is 11.2. The van der Waals surface area contributed by atoms with Gasteiger partial charge in [-0.3, -0.25) is 0 Å². The molecule has 0 spiro atoms. The highest BCUT2D eigenvalue weighted by Gasteiger charge is 2.56. The van der Waals surface area contributed by atoms with Crippen LogP contribution >= 0.6 is 27.7 Å². The summed E-state index contributed by atoms with van der Waals surface area (Å²) in [5, 5.41) is 0.175. The number of rotatable bonds is 7. The van der Waals surface area contributed by atoms with Crippen molar-refractivity contribution in [1.29, 1.82) is 0 Å². The van der Waals surface area contributed by atoms with Crippen molar-refractivity contribution in [3.8, 4) is 5.75 Å². The topological polar surface area (TPSA) is 26.3 Å². The van der Waals surface area contributed by atoms with Gasteiger partial charge in [-0.1, -0.05) is 81.5 Å². The van der Waals surface area contributed by atoms with Gasteiger partial charge in [0, 0.05) is 9.72 Å². The molecule has 0 amide bonds. The van der Waals surface area contributed by atoms with Crippen LogP contribution in [0, 0.1) is 52.8 Å². The molecule has 2 nitrogen and oxygen atoms in total. The Labute approximate surface area is 244 Å². The number of fused-ring (bicyclic) bond motifs is 5. The van der Waals surface area contributed by atoms with Crippen LogP contribution in [0.25, 0.3) is 0 Å². The van der Waals surface area contributed by atoms with E-state index in [2.05, 4.69) is 56.6 Å². The Morgan fingerprint density at radius 3 is 2.61 bits per heavy atom. The van der Waals surface area contributed by atoms with Gasteiger partial charge in [0.05, 0.1) is 0 Å². The van der Waals surface area contributed by atoms with E-state index >= 15 is 0 Å². The maximum Gasteiger partial charge on any atom is 0.372 e. The Morgan fingerprint density at radius 2 is 1.87 bits per heavy atom. The smallest absolute Gasteiger partial charge is 0.372 e. The first-order valence-electron chi connectivity index (χ1n) is 15.5. The summed E-state index contributed by atoms with van der Waals surface area (Å²) in [5.41, 5.74) is 1.98. The minimum atomic E-state index is -0.163. The molecule has 0 bridgehead atoms. The van der Waals surface area contributed by atoms with Crippen LogP contribution in [0.1, 0.15) is 98.8 Å². The number of hydrogen-bond donors (Lipinski definition) is 0. The Bertz CT molecular complexity index is 1000. The van der Waals surface area contributed by atoms with Crippen molar-refractivity contribution in [3.63, 3.8) is 0 Å². The first kappa shape index (κ1) is 28.8. The lowest BCUT2D eigenvalue weighted by atomic mass is 9.48. The van der Waals surface area contributed by atoms with Crippen LogP contribution in [-0.4, -0.2) is 10.6 Å². The van der Waals surface area contributed by atoms with Crippen LogP contribution < -0.4 is 4.74 Å². The summed E-state index contributed by atoms with van der Waals surface area (Å²) in [4.78, 5) is 12.7. The van der Waals surface area contributed by atoms with Gasteiger partial charge in [-0.2, -0.15) is 0 Å². The van der Waals surface area contributed by atoms with E-state index in [9.17, 15) is 4.79 Å². The maximum absolute atomic E-state index is 12.7. The normalized spacial score (nSPS) is 37.1.